The van der Waals surface area contributed by atoms with Crippen LogP contribution in [0.1, 0.15) is 58.1 Å². The summed E-state index contributed by atoms with van der Waals surface area (Å²) in [5.74, 6) is 0.594. The summed E-state index contributed by atoms with van der Waals surface area (Å²) in [6.45, 7) is 10.0. The predicted molar refractivity (Wildman–Crippen MR) is 125 cm³/mol. The van der Waals surface area contributed by atoms with Gasteiger partial charge in [0.15, 0.2) is 6.61 Å². The molecule has 0 bridgehead atoms. The van der Waals surface area contributed by atoms with Crippen LogP contribution in [-0.2, 0) is 16.1 Å². The number of halogens is 1. The number of ether oxygens (including phenoxy) is 1. The maximum Gasteiger partial charge on any atom is 0.261 e. The molecule has 0 saturated heterocycles. The van der Waals surface area contributed by atoms with Crippen molar-refractivity contribution < 1.29 is 14.3 Å². The van der Waals surface area contributed by atoms with Gasteiger partial charge in [-0.3, -0.25) is 9.59 Å². The molecule has 0 aliphatic heterocycles. The highest BCUT2D eigenvalue weighted by molar-refractivity contribution is 6.30. The standard InChI is InChI=1S/C25H33ClN2O3/c1-6-18(4)27-25(30)19(5)28(15-20-8-7-9-22(26)14-20)24(29)16-31-23-12-10-21(11-13-23)17(2)3/h7-14,17-19H,6,15-16H2,1-5H3,(H,27,30)/t18-,19+/m0/s1. The normalized spacial score (nSPS) is 12.9. The van der Waals surface area contributed by atoms with E-state index in [0.717, 1.165) is 12.0 Å². The second-order valence-corrected chi connectivity index (χ2v) is 8.59. The molecule has 1 N–H and O–H groups in total. The fraction of sp³-hybridized carbons (Fsp3) is 0.440. The number of benzene rings is 2. The Balaban J connectivity index is 2.13. The van der Waals surface area contributed by atoms with Crippen molar-refractivity contribution >= 4 is 23.4 Å². The zero-order chi connectivity index (χ0) is 23.0. The van der Waals surface area contributed by atoms with Crippen molar-refractivity contribution in [1.82, 2.24) is 10.2 Å². The van der Waals surface area contributed by atoms with Gasteiger partial charge in [0.05, 0.1) is 0 Å². The molecule has 0 saturated carbocycles. The first-order valence-corrected chi connectivity index (χ1v) is 11.2. The van der Waals surface area contributed by atoms with E-state index in [2.05, 4.69) is 19.2 Å². The molecule has 2 aromatic carbocycles. The van der Waals surface area contributed by atoms with Gasteiger partial charge in [-0.15, -0.1) is 0 Å². The third kappa shape index (κ3) is 7.59. The van der Waals surface area contributed by atoms with Gasteiger partial charge in [-0.2, -0.15) is 0 Å². The molecule has 0 fully saturated rings. The monoisotopic (exact) mass is 444 g/mol. The molecule has 0 heterocycles. The highest BCUT2D eigenvalue weighted by Crippen LogP contribution is 2.19. The zero-order valence-electron chi connectivity index (χ0n) is 19.0. The summed E-state index contributed by atoms with van der Waals surface area (Å²) in [7, 11) is 0. The first-order valence-electron chi connectivity index (χ1n) is 10.8. The van der Waals surface area contributed by atoms with Gasteiger partial charge in [0.2, 0.25) is 5.91 Å². The summed E-state index contributed by atoms with van der Waals surface area (Å²) in [5, 5.41) is 3.54. The van der Waals surface area contributed by atoms with Crippen LogP contribution < -0.4 is 10.1 Å². The first-order chi connectivity index (χ1) is 14.7. The van der Waals surface area contributed by atoms with Crippen LogP contribution in [0.4, 0.5) is 0 Å². The molecule has 0 unspecified atom stereocenters. The molecule has 31 heavy (non-hydrogen) atoms. The van der Waals surface area contributed by atoms with E-state index in [1.165, 1.54) is 10.5 Å². The molecule has 5 nitrogen and oxygen atoms in total. The Morgan fingerprint density at radius 2 is 1.74 bits per heavy atom. The topological polar surface area (TPSA) is 58.6 Å². The molecule has 6 heteroatoms. The molecular weight excluding hydrogens is 412 g/mol. The lowest BCUT2D eigenvalue weighted by molar-refractivity contribution is -0.142. The number of nitrogens with zero attached hydrogens (tertiary/aromatic N) is 1. The minimum absolute atomic E-state index is 0.0359. The summed E-state index contributed by atoms with van der Waals surface area (Å²) >= 11 is 6.11. The van der Waals surface area contributed by atoms with Gasteiger partial charge in [0, 0.05) is 17.6 Å². The molecule has 0 aromatic heterocycles. The fourth-order valence-corrected chi connectivity index (χ4v) is 3.27. The van der Waals surface area contributed by atoms with Crippen molar-refractivity contribution in [3.05, 3.63) is 64.7 Å². The number of carbonyl (C=O) groups excluding carboxylic acids is 2. The largest absolute Gasteiger partial charge is 0.484 e. The lowest BCUT2D eigenvalue weighted by Gasteiger charge is -2.29. The maximum atomic E-state index is 13.1. The van der Waals surface area contributed by atoms with Crippen molar-refractivity contribution in [1.29, 1.82) is 0 Å². The van der Waals surface area contributed by atoms with Crippen LogP contribution in [0, 0.1) is 0 Å². The Labute approximate surface area is 190 Å². The van der Waals surface area contributed by atoms with Gasteiger partial charge in [-0.25, -0.2) is 0 Å². The molecule has 0 aliphatic carbocycles. The number of rotatable bonds is 10. The lowest BCUT2D eigenvalue weighted by Crippen LogP contribution is -2.50. The van der Waals surface area contributed by atoms with Crippen LogP contribution in [-0.4, -0.2) is 35.4 Å². The van der Waals surface area contributed by atoms with Crippen molar-refractivity contribution in [2.75, 3.05) is 6.61 Å². The molecule has 2 amide bonds. The number of hydrogen-bond donors (Lipinski definition) is 1. The van der Waals surface area contributed by atoms with Crippen LogP contribution >= 0.6 is 11.6 Å². The Kier molecular flexibility index (Phi) is 9.38. The molecule has 0 radical (unpaired) electrons. The van der Waals surface area contributed by atoms with Crippen LogP contribution in [0.3, 0.4) is 0 Å². The van der Waals surface area contributed by atoms with Crippen molar-refractivity contribution in [3.8, 4) is 5.75 Å². The van der Waals surface area contributed by atoms with Crippen LogP contribution in [0.25, 0.3) is 0 Å². The van der Waals surface area contributed by atoms with Crippen LogP contribution in [0.5, 0.6) is 5.75 Å². The number of carbonyl (C=O) groups is 2. The van der Waals surface area contributed by atoms with E-state index in [1.54, 1.807) is 19.1 Å². The highest BCUT2D eigenvalue weighted by Gasteiger charge is 2.27. The van der Waals surface area contributed by atoms with Crippen molar-refractivity contribution in [2.24, 2.45) is 0 Å². The minimum atomic E-state index is -0.646. The Morgan fingerprint density at radius 3 is 2.32 bits per heavy atom. The molecular formula is C25H33ClN2O3. The van der Waals surface area contributed by atoms with Gasteiger partial charge >= 0.3 is 0 Å². The zero-order valence-corrected chi connectivity index (χ0v) is 19.8. The summed E-state index contributed by atoms with van der Waals surface area (Å²) in [5.41, 5.74) is 2.06. The highest BCUT2D eigenvalue weighted by atomic mass is 35.5. The first kappa shape index (κ1) is 24.7. The lowest BCUT2D eigenvalue weighted by atomic mass is 10.0. The molecule has 0 aliphatic rings. The van der Waals surface area contributed by atoms with Gasteiger partial charge in [0.25, 0.3) is 5.91 Å². The summed E-state index contributed by atoms with van der Waals surface area (Å²) in [4.78, 5) is 27.3. The van der Waals surface area contributed by atoms with Gasteiger partial charge in [-0.1, -0.05) is 56.6 Å². The van der Waals surface area contributed by atoms with E-state index in [0.29, 0.717) is 16.7 Å². The fourth-order valence-electron chi connectivity index (χ4n) is 3.06. The number of hydrogen-bond acceptors (Lipinski definition) is 3. The van der Waals surface area contributed by atoms with Crippen molar-refractivity contribution in [2.45, 2.75) is 65.6 Å². The quantitative estimate of drug-likeness (QED) is 0.549. The molecule has 2 aromatic rings. The Bertz CT molecular complexity index is 867. The number of nitrogens with one attached hydrogen (secondary N) is 1. The third-order valence-corrected chi connectivity index (χ3v) is 5.55. The Hall–Kier alpha value is -2.53. The third-order valence-electron chi connectivity index (χ3n) is 5.32. The maximum absolute atomic E-state index is 13.1. The van der Waals surface area contributed by atoms with E-state index in [-0.39, 0.29) is 31.0 Å². The smallest absolute Gasteiger partial charge is 0.261 e. The van der Waals surface area contributed by atoms with Gasteiger partial charge in [-0.05, 0) is 61.6 Å². The van der Waals surface area contributed by atoms with E-state index >= 15 is 0 Å². The summed E-state index contributed by atoms with van der Waals surface area (Å²) in [6.07, 6.45) is 0.816. The average Bonchev–Trinajstić information content (AvgIpc) is 2.75. The molecule has 0 spiro atoms. The summed E-state index contributed by atoms with van der Waals surface area (Å²) in [6, 6.07) is 14.4. The van der Waals surface area contributed by atoms with E-state index in [1.807, 2.05) is 50.2 Å². The predicted octanol–water partition coefficient (Wildman–Crippen LogP) is 5.17. The summed E-state index contributed by atoms with van der Waals surface area (Å²) < 4.78 is 5.73. The van der Waals surface area contributed by atoms with E-state index in [4.69, 9.17) is 16.3 Å². The van der Waals surface area contributed by atoms with Crippen LogP contribution in [0.15, 0.2) is 48.5 Å². The number of amides is 2. The molecule has 2 atom stereocenters. The van der Waals surface area contributed by atoms with Crippen LogP contribution in [0.2, 0.25) is 5.02 Å². The Morgan fingerprint density at radius 1 is 1.06 bits per heavy atom. The average molecular weight is 445 g/mol. The SMILES string of the molecule is CC[C@H](C)NC(=O)[C@@H](C)N(Cc1cccc(Cl)c1)C(=O)COc1ccc(C(C)C)cc1. The molecule has 168 valence electrons. The minimum Gasteiger partial charge on any atom is -0.484 e. The second kappa shape index (κ2) is 11.8. The van der Waals surface area contributed by atoms with Gasteiger partial charge < -0.3 is 15.0 Å². The second-order valence-electron chi connectivity index (χ2n) is 8.16. The van der Waals surface area contributed by atoms with Gasteiger partial charge in [0.1, 0.15) is 11.8 Å². The van der Waals surface area contributed by atoms with E-state index in [9.17, 15) is 9.59 Å². The van der Waals surface area contributed by atoms with E-state index < -0.39 is 6.04 Å². The van der Waals surface area contributed by atoms with Crippen molar-refractivity contribution in [3.63, 3.8) is 0 Å². The molecule has 2 rings (SSSR count).